The molecule has 0 aliphatic rings. The van der Waals surface area contributed by atoms with Gasteiger partial charge in [0.05, 0.1) is 16.0 Å². The van der Waals surface area contributed by atoms with Crippen LogP contribution >= 0.6 is 0 Å². The van der Waals surface area contributed by atoms with Gasteiger partial charge >= 0.3 is 0 Å². The maximum atomic E-state index is 12.2. The lowest BCUT2D eigenvalue weighted by Crippen LogP contribution is -2.19. The van der Waals surface area contributed by atoms with E-state index >= 15 is 0 Å². The second-order valence-corrected chi connectivity index (χ2v) is 8.24. The van der Waals surface area contributed by atoms with Crippen LogP contribution in [0, 0.1) is 10.1 Å². The van der Waals surface area contributed by atoms with Crippen LogP contribution in [-0.4, -0.2) is 19.6 Å². The maximum absolute atomic E-state index is 12.2. The first-order chi connectivity index (χ1) is 12.0. The molecule has 2 aromatic carbocycles. The topological polar surface area (TPSA) is 125 Å². The zero-order valence-electron chi connectivity index (χ0n) is 14.5. The normalized spacial score (nSPS) is 12.3. The van der Waals surface area contributed by atoms with Crippen LogP contribution in [0.5, 0.6) is 5.75 Å². The molecule has 9 heteroatoms. The van der Waals surface area contributed by atoms with E-state index in [-0.39, 0.29) is 15.9 Å². The summed E-state index contributed by atoms with van der Waals surface area (Å²) in [6, 6.07) is 10.1. The van der Waals surface area contributed by atoms with E-state index in [1.54, 1.807) is 12.1 Å². The minimum absolute atomic E-state index is 0.0176. The Morgan fingerprint density at radius 3 is 2.27 bits per heavy atom. The Hall–Kier alpha value is -2.94. The predicted octanol–water partition coefficient (Wildman–Crippen LogP) is 2.28. The molecule has 2 aromatic rings. The van der Waals surface area contributed by atoms with E-state index in [1.807, 2.05) is 25.6 Å². The predicted molar refractivity (Wildman–Crippen MR) is 95.6 cm³/mol. The Bertz CT molecular complexity index is 945. The number of hydrogen-bond acceptors (Lipinski definition) is 6. The first kappa shape index (κ1) is 19.4. The molecule has 2 rings (SSSR count). The molecule has 0 aliphatic heterocycles. The van der Waals surface area contributed by atoms with Gasteiger partial charge in [0.2, 0.25) is 0 Å². The quantitative estimate of drug-likeness (QED) is 0.487. The van der Waals surface area contributed by atoms with Crippen molar-refractivity contribution in [1.82, 2.24) is 4.83 Å². The van der Waals surface area contributed by atoms with Gasteiger partial charge in [-0.05, 0) is 34.4 Å². The molecule has 0 saturated heterocycles. The molecule has 0 bridgehead atoms. The summed E-state index contributed by atoms with van der Waals surface area (Å²) >= 11 is 0. The number of hydrazone groups is 1. The zero-order chi connectivity index (χ0) is 19.5. The van der Waals surface area contributed by atoms with Crippen LogP contribution in [0.25, 0.3) is 0 Å². The van der Waals surface area contributed by atoms with Crippen LogP contribution in [0.4, 0.5) is 5.69 Å². The summed E-state index contributed by atoms with van der Waals surface area (Å²) in [6.07, 6.45) is 0.941. The number of hydrogen-bond donors (Lipinski definition) is 1. The molecular formula is C17H18N3O5S-. The molecule has 26 heavy (non-hydrogen) atoms. The van der Waals surface area contributed by atoms with Gasteiger partial charge in [0, 0.05) is 6.07 Å². The summed E-state index contributed by atoms with van der Waals surface area (Å²) in [5.74, 6) is -0.838. The lowest BCUT2D eigenvalue weighted by molar-refractivity contribution is -0.398. The highest BCUT2D eigenvalue weighted by Gasteiger charge is 2.17. The largest absolute Gasteiger partial charge is 0.867 e. The van der Waals surface area contributed by atoms with E-state index in [0.29, 0.717) is 0 Å². The lowest BCUT2D eigenvalue weighted by atomic mass is 9.87. The number of rotatable bonds is 5. The van der Waals surface area contributed by atoms with Crippen molar-refractivity contribution in [2.24, 2.45) is 5.10 Å². The average Bonchev–Trinajstić information content (AvgIpc) is 2.55. The third-order valence-electron chi connectivity index (χ3n) is 3.63. The van der Waals surface area contributed by atoms with Crippen LogP contribution in [0.2, 0.25) is 0 Å². The number of nitro groups is 1. The van der Waals surface area contributed by atoms with Crippen molar-refractivity contribution in [3.8, 4) is 5.75 Å². The van der Waals surface area contributed by atoms with Gasteiger partial charge in [-0.25, -0.2) is 4.83 Å². The molecule has 0 spiro atoms. The Balaban J connectivity index is 2.19. The highest BCUT2D eigenvalue weighted by molar-refractivity contribution is 7.89. The van der Waals surface area contributed by atoms with Crippen molar-refractivity contribution < 1.29 is 18.4 Å². The minimum atomic E-state index is -3.92. The number of sulfonamides is 1. The number of para-hydroxylation sites is 1. The third kappa shape index (κ3) is 4.37. The molecule has 1 N–H and O–H groups in total. The highest BCUT2D eigenvalue weighted by atomic mass is 32.2. The average molecular weight is 376 g/mol. The minimum Gasteiger partial charge on any atom is -0.867 e. The number of nitrogens with one attached hydrogen (secondary N) is 1. The monoisotopic (exact) mass is 376 g/mol. The van der Waals surface area contributed by atoms with Crippen molar-refractivity contribution in [1.29, 1.82) is 0 Å². The number of nitro benzene ring substituents is 1. The molecule has 0 fully saturated rings. The van der Waals surface area contributed by atoms with Crippen molar-refractivity contribution >= 4 is 21.9 Å². The molecule has 0 saturated carbocycles. The van der Waals surface area contributed by atoms with Crippen molar-refractivity contribution in [3.05, 3.63) is 63.7 Å². The molecular weight excluding hydrogens is 358 g/mol. The van der Waals surface area contributed by atoms with E-state index in [2.05, 4.69) is 5.10 Å². The molecule has 0 atom stereocenters. The Morgan fingerprint density at radius 1 is 1.12 bits per heavy atom. The van der Waals surface area contributed by atoms with Gasteiger partial charge in [-0.15, -0.1) is 0 Å². The van der Waals surface area contributed by atoms with E-state index in [1.165, 1.54) is 24.3 Å². The van der Waals surface area contributed by atoms with Gasteiger partial charge in [-0.2, -0.15) is 13.5 Å². The van der Waals surface area contributed by atoms with Crippen molar-refractivity contribution in [2.45, 2.75) is 31.1 Å². The van der Waals surface area contributed by atoms with Gasteiger partial charge in [-0.1, -0.05) is 45.0 Å². The van der Waals surface area contributed by atoms with Gasteiger partial charge < -0.3 is 5.11 Å². The highest BCUT2D eigenvalue weighted by Crippen LogP contribution is 2.25. The Kier molecular flexibility index (Phi) is 5.31. The van der Waals surface area contributed by atoms with Crippen molar-refractivity contribution in [3.63, 3.8) is 0 Å². The van der Waals surface area contributed by atoms with E-state index in [9.17, 15) is 23.6 Å². The molecule has 0 heterocycles. The summed E-state index contributed by atoms with van der Waals surface area (Å²) in [5.41, 5.74) is 0.174. The van der Waals surface area contributed by atoms with Crippen LogP contribution in [0.1, 0.15) is 31.9 Å². The van der Waals surface area contributed by atoms with Crippen LogP contribution in [0.3, 0.4) is 0 Å². The smallest absolute Gasteiger partial charge is 0.276 e. The fourth-order valence-electron chi connectivity index (χ4n) is 2.14. The lowest BCUT2D eigenvalue weighted by Gasteiger charge is -2.19. The molecule has 0 radical (unpaired) electrons. The first-order valence-electron chi connectivity index (χ1n) is 7.62. The van der Waals surface area contributed by atoms with Crippen LogP contribution < -0.4 is 9.94 Å². The standard InChI is InChI=1S/C17H19N3O5S/c1-17(2,3)13-7-9-14(10-8-13)26(24,25)19-18-11-12-5-4-6-15(16(12)21)20(22)23/h4-11,19,21H,1-3H3/p-1/b18-11-. The van der Waals surface area contributed by atoms with E-state index in [4.69, 9.17) is 0 Å². The molecule has 0 amide bonds. The van der Waals surface area contributed by atoms with Gasteiger partial charge in [0.1, 0.15) is 0 Å². The second kappa shape index (κ2) is 7.12. The zero-order valence-corrected chi connectivity index (χ0v) is 15.3. The summed E-state index contributed by atoms with van der Waals surface area (Å²) in [4.78, 5) is 11.9. The summed E-state index contributed by atoms with van der Waals surface area (Å²) in [7, 11) is -3.92. The van der Waals surface area contributed by atoms with Crippen molar-refractivity contribution in [2.75, 3.05) is 0 Å². The number of nitrogens with zero attached hydrogens (tertiary/aromatic N) is 2. The molecule has 0 aromatic heterocycles. The van der Waals surface area contributed by atoms with Gasteiger partial charge in [-0.3, -0.25) is 10.1 Å². The maximum Gasteiger partial charge on any atom is 0.276 e. The summed E-state index contributed by atoms with van der Waals surface area (Å²) in [6.45, 7) is 6.04. The first-order valence-corrected chi connectivity index (χ1v) is 9.10. The van der Waals surface area contributed by atoms with Gasteiger partial charge in [0.15, 0.2) is 0 Å². The summed E-state index contributed by atoms with van der Waals surface area (Å²) < 4.78 is 24.5. The third-order valence-corrected chi connectivity index (χ3v) is 4.87. The number of benzene rings is 2. The van der Waals surface area contributed by atoms with Crippen LogP contribution in [-0.2, 0) is 15.4 Å². The summed E-state index contributed by atoms with van der Waals surface area (Å²) in [5, 5.41) is 26.1. The Morgan fingerprint density at radius 2 is 1.73 bits per heavy atom. The van der Waals surface area contributed by atoms with E-state index < -0.39 is 26.4 Å². The molecule has 138 valence electrons. The molecule has 0 aliphatic carbocycles. The van der Waals surface area contributed by atoms with Crippen LogP contribution in [0.15, 0.2) is 52.5 Å². The molecule has 0 unspecified atom stereocenters. The van der Waals surface area contributed by atoms with E-state index in [0.717, 1.165) is 17.8 Å². The van der Waals surface area contributed by atoms with Gasteiger partial charge in [0.25, 0.3) is 15.7 Å². The molecule has 8 nitrogen and oxygen atoms in total. The Labute approximate surface area is 151 Å². The fourth-order valence-corrected chi connectivity index (χ4v) is 2.93. The fraction of sp³-hybridized carbons (Fsp3) is 0.235. The second-order valence-electron chi connectivity index (χ2n) is 6.58. The SMILES string of the molecule is CC(C)(C)c1ccc(S(=O)(=O)N/N=C\c2cccc([N+](=O)[O-])c2[O-])cc1.